The summed E-state index contributed by atoms with van der Waals surface area (Å²) >= 11 is 0. The van der Waals surface area contributed by atoms with Crippen molar-refractivity contribution < 1.29 is 23.8 Å². The molecule has 1 heterocycles. The monoisotopic (exact) mass is 532 g/mol. The molecule has 2 aromatic carbocycles. The second-order valence-corrected chi connectivity index (χ2v) is 9.74. The number of anilines is 1. The highest BCUT2D eigenvalue weighted by Gasteiger charge is 2.36. The highest BCUT2D eigenvalue weighted by Crippen LogP contribution is 2.42. The number of nitrogens with one attached hydrogen (secondary N) is 1. The maximum atomic E-state index is 14.2. The third-order valence-corrected chi connectivity index (χ3v) is 7.23. The summed E-state index contributed by atoms with van der Waals surface area (Å²) in [4.78, 5) is 38.2. The van der Waals surface area contributed by atoms with Crippen LogP contribution in [0.4, 0.5) is 5.69 Å². The molecule has 9 nitrogen and oxygen atoms in total. The van der Waals surface area contributed by atoms with Gasteiger partial charge in [-0.25, -0.2) is 4.98 Å². The summed E-state index contributed by atoms with van der Waals surface area (Å²) < 4.78 is 16.7. The van der Waals surface area contributed by atoms with Gasteiger partial charge in [0.1, 0.15) is 11.7 Å². The molecule has 0 saturated heterocycles. The van der Waals surface area contributed by atoms with Crippen molar-refractivity contribution in [1.29, 1.82) is 0 Å². The van der Waals surface area contributed by atoms with Crippen LogP contribution in [-0.4, -0.2) is 49.2 Å². The topological polar surface area (TPSA) is 103 Å². The maximum absolute atomic E-state index is 14.2. The summed E-state index contributed by atoms with van der Waals surface area (Å²) in [6, 6.07) is 8.08. The lowest BCUT2D eigenvalue weighted by atomic mass is 9.94. The molecule has 39 heavy (non-hydrogen) atoms. The summed E-state index contributed by atoms with van der Waals surface area (Å²) in [5.41, 5.74) is 3.25. The van der Waals surface area contributed by atoms with Gasteiger partial charge in [-0.1, -0.05) is 25.3 Å². The van der Waals surface area contributed by atoms with Gasteiger partial charge in [0.05, 0.1) is 27.5 Å². The van der Waals surface area contributed by atoms with E-state index in [0.29, 0.717) is 28.5 Å². The van der Waals surface area contributed by atoms with E-state index in [1.165, 1.54) is 44.8 Å². The zero-order chi connectivity index (χ0) is 27.9. The minimum absolute atomic E-state index is 0.0315. The van der Waals surface area contributed by atoms with Gasteiger partial charge in [-0.3, -0.25) is 19.5 Å². The molecular formula is C30H36N4O5. The fraction of sp³-hybridized carbons (Fsp3) is 0.400. The third kappa shape index (κ3) is 6.13. The van der Waals surface area contributed by atoms with Gasteiger partial charge in [0.2, 0.25) is 11.7 Å². The van der Waals surface area contributed by atoms with Crippen molar-refractivity contribution >= 4 is 17.5 Å². The predicted octanol–water partition coefficient (Wildman–Crippen LogP) is 4.96. The van der Waals surface area contributed by atoms with Crippen molar-refractivity contribution in [3.63, 3.8) is 0 Å². The Hall–Kier alpha value is -4.14. The Morgan fingerprint density at radius 2 is 1.62 bits per heavy atom. The summed E-state index contributed by atoms with van der Waals surface area (Å²) in [7, 11) is 4.56. The number of aromatic nitrogens is 2. The molecule has 9 heteroatoms. The van der Waals surface area contributed by atoms with Gasteiger partial charge in [-0.15, -0.1) is 0 Å². The second-order valence-electron chi connectivity index (χ2n) is 9.74. The Morgan fingerprint density at radius 1 is 0.923 bits per heavy atom. The number of nitrogens with zero attached hydrogens (tertiary/aromatic N) is 3. The molecule has 1 aliphatic rings. The number of ether oxygens (including phenoxy) is 3. The fourth-order valence-electron chi connectivity index (χ4n) is 5.00. The molecule has 0 bridgehead atoms. The Kier molecular flexibility index (Phi) is 9.01. The van der Waals surface area contributed by atoms with Crippen LogP contribution >= 0.6 is 0 Å². The first-order valence-electron chi connectivity index (χ1n) is 13.1. The van der Waals surface area contributed by atoms with Crippen molar-refractivity contribution in [3.8, 4) is 17.2 Å². The van der Waals surface area contributed by atoms with Crippen molar-refractivity contribution in [2.24, 2.45) is 0 Å². The van der Waals surface area contributed by atoms with Crippen LogP contribution in [0.2, 0.25) is 0 Å². The maximum Gasteiger partial charge on any atom is 0.279 e. The quantitative estimate of drug-likeness (QED) is 0.416. The third-order valence-electron chi connectivity index (χ3n) is 7.23. The van der Waals surface area contributed by atoms with Gasteiger partial charge in [0.25, 0.3) is 5.91 Å². The number of hydrogen-bond acceptors (Lipinski definition) is 7. The molecule has 1 saturated carbocycles. The molecule has 1 atom stereocenters. The van der Waals surface area contributed by atoms with Crippen LogP contribution < -0.4 is 24.4 Å². The molecule has 0 unspecified atom stereocenters. The number of carbonyl (C=O) groups is 2. The lowest BCUT2D eigenvalue weighted by molar-refractivity contribution is -0.123. The number of methoxy groups -OCH3 is 3. The van der Waals surface area contributed by atoms with Crippen LogP contribution in [0.15, 0.2) is 48.9 Å². The fourth-order valence-corrected chi connectivity index (χ4v) is 5.00. The molecular weight excluding hydrogens is 496 g/mol. The van der Waals surface area contributed by atoms with Gasteiger partial charge in [-0.2, -0.15) is 0 Å². The lowest BCUT2D eigenvalue weighted by Crippen LogP contribution is -2.47. The van der Waals surface area contributed by atoms with E-state index in [1.54, 1.807) is 12.1 Å². The number of carbonyl (C=O) groups excluding carboxylic acids is 2. The zero-order valence-electron chi connectivity index (χ0n) is 23.2. The smallest absolute Gasteiger partial charge is 0.279 e. The number of aryl methyl sites for hydroxylation is 2. The molecule has 0 spiro atoms. The molecule has 0 radical (unpaired) electrons. The number of rotatable bonds is 9. The van der Waals surface area contributed by atoms with E-state index in [1.807, 2.05) is 32.0 Å². The highest BCUT2D eigenvalue weighted by atomic mass is 16.5. The Labute approximate surface area is 229 Å². The zero-order valence-corrected chi connectivity index (χ0v) is 23.2. The van der Waals surface area contributed by atoms with E-state index >= 15 is 0 Å². The predicted molar refractivity (Wildman–Crippen MR) is 149 cm³/mol. The van der Waals surface area contributed by atoms with E-state index in [9.17, 15) is 9.59 Å². The van der Waals surface area contributed by atoms with Gasteiger partial charge < -0.3 is 19.5 Å². The average molecular weight is 533 g/mol. The van der Waals surface area contributed by atoms with Gasteiger partial charge in [0, 0.05) is 24.1 Å². The van der Waals surface area contributed by atoms with E-state index in [-0.39, 0.29) is 17.6 Å². The first kappa shape index (κ1) is 27.9. The lowest BCUT2D eigenvalue weighted by Gasteiger charge is -2.34. The van der Waals surface area contributed by atoms with E-state index < -0.39 is 11.9 Å². The Balaban J connectivity index is 1.92. The largest absolute Gasteiger partial charge is 0.493 e. The Bertz CT molecular complexity index is 1280. The van der Waals surface area contributed by atoms with E-state index in [4.69, 9.17) is 14.2 Å². The van der Waals surface area contributed by atoms with Crippen molar-refractivity contribution in [3.05, 3.63) is 71.3 Å². The minimum atomic E-state index is -1.06. The van der Waals surface area contributed by atoms with E-state index in [2.05, 4.69) is 15.3 Å². The minimum Gasteiger partial charge on any atom is -0.493 e. The van der Waals surface area contributed by atoms with Crippen LogP contribution in [0.5, 0.6) is 17.2 Å². The summed E-state index contributed by atoms with van der Waals surface area (Å²) in [6.45, 7) is 3.97. The summed E-state index contributed by atoms with van der Waals surface area (Å²) in [5, 5.41) is 3.22. The molecule has 1 N–H and O–H groups in total. The molecule has 1 fully saturated rings. The molecule has 0 aliphatic heterocycles. The van der Waals surface area contributed by atoms with Crippen molar-refractivity contribution in [2.45, 2.75) is 58.0 Å². The van der Waals surface area contributed by atoms with Crippen LogP contribution in [0, 0.1) is 13.8 Å². The first-order valence-corrected chi connectivity index (χ1v) is 13.1. The normalized spacial score (nSPS) is 14.3. The molecule has 1 aliphatic carbocycles. The van der Waals surface area contributed by atoms with Crippen LogP contribution in [0.1, 0.15) is 65.3 Å². The molecule has 3 aromatic rings. The number of hydrogen-bond donors (Lipinski definition) is 1. The SMILES string of the molecule is COc1cc([C@H](C(=O)NC2CCCCC2)N(C(=O)c2cnccn2)c2ccc(C)c(C)c2)cc(OC)c1OC. The molecule has 2 amide bonds. The standard InChI is InChI=1S/C30H36N4O5/c1-19-11-12-23(15-20(19)2)34(30(36)24-18-31-13-14-32-24)27(29(35)33-22-9-7-6-8-10-22)21-16-25(37-3)28(39-5)26(17-21)38-4/h11-18,22,27H,6-10H2,1-5H3,(H,33,35)/t27-/m1/s1. The average Bonchev–Trinajstić information content (AvgIpc) is 2.97. The molecule has 1 aromatic heterocycles. The van der Waals surface area contributed by atoms with Crippen LogP contribution in [-0.2, 0) is 4.79 Å². The number of amides is 2. The van der Waals surface area contributed by atoms with Crippen molar-refractivity contribution in [1.82, 2.24) is 15.3 Å². The van der Waals surface area contributed by atoms with Gasteiger partial charge >= 0.3 is 0 Å². The van der Waals surface area contributed by atoms with Gasteiger partial charge in [0.15, 0.2) is 11.5 Å². The first-order chi connectivity index (χ1) is 18.9. The van der Waals surface area contributed by atoms with E-state index in [0.717, 1.165) is 43.2 Å². The van der Waals surface area contributed by atoms with Crippen LogP contribution in [0.25, 0.3) is 0 Å². The van der Waals surface area contributed by atoms with Gasteiger partial charge in [-0.05, 0) is 67.6 Å². The summed E-state index contributed by atoms with van der Waals surface area (Å²) in [6.07, 6.45) is 9.43. The molecule has 206 valence electrons. The molecule has 4 rings (SSSR count). The van der Waals surface area contributed by atoms with Crippen LogP contribution in [0.3, 0.4) is 0 Å². The Morgan fingerprint density at radius 3 is 2.18 bits per heavy atom. The van der Waals surface area contributed by atoms with Crippen molar-refractivity contribution in [2.75, 3.05) is 26.2 Å². The summed E-state index contributed by atoms with van der Waals surface area (Å²) in [5.74, 6) is 0.410. The number of benzene rings is 2. The second kappa shape index (κ2) is 12.6. The highest BCUT2D eigenvalue weighted by molar-refractivity contribution is 6.09.